The van der Waals surface area contributed by atoms with Crippen LogP contribution in [0.1, 0.15) is 22.8 Å². The van der Waals surface area contributed by atoms with Gasteiger partial charge in [0.15, 0.2) is 5.78 Å². The molecule has 132 valence electrons. The average Bonchev–Trinajstić information content (AvgIpc) is 3.15. The van der Waals surface area contributed by atoms with Gasteiger partial charge in [-0.2, -0.15) is 5.10 Å². The molecule has 0 fully saturated rings. The van der Waals surface area contributed by atoms with Crippen molar-refractivity contribution in [2.45, 2.75) is 12.5 Å². The molecule has 0 aliphatic carbocycles. The van der Waals surface area contributed by atoms with E-state index in [0.29, 0.717) is 33.5 Å². The lowest BCUT2D eigenvalue weighted by molar-refractivity contribution is 0.0918. The molecule has 0 amide bonds. The van der Waals surface area contributed by atoms with Crippen LogP contribution in [-0.2, 0) is 0 Å². The SMILES string of the molecule is C=CCC(C(=O)c1ccc(Oc2ccc(Cl)cc2)cc1Cl)n1cncn1. The van der Waals surface area contributed by atoms with Gasteiger partial charge in [-0.15, -0.1) is 6.58 Å². The Hall–Kier alpha value is -2.63. The second-order valence-electron chi connectivity index (χ2n) is 5.48. The van der Waals surface area contributed by atoms with E-state index in [1.807, 2.05) is 0 Å². The van der Waals surface area contributed by atoms with Crippen molar-refractivity contribution in [1.82, 2.24) is 14.8 Å². The fourth-order valence-corrected chi connectivity index (χ4v) is 2.84. The van der Waals surface area contributed by atoms with E-state index in [9.17, 15) is 4.79 Å². The zero-order chi connectivity index (χ0) is 18.5. The molecule has 0 N–H and O–H groups in total. The Labute approximate surface area is 160 Å². The first kappa shape index (κ1) is 18.2. The topological polar surface area (TPSA) is 57.0 Å². The quantitative estimate of drug-likeness (QED) is 0.403. The fourth-order valence-electron chi connectivity index (χ4n) is 2.45. The second kappa shape index (κ2) is 8.17. The molecule has 0 saturated heterocycles. The molecule has 0 spiro atoms. The van der Waals surface area contributed by atoms with E-state index in [4.69, 9.17) is 27.9 Å². The molecule has 3 rings (SSSR count). The zero-order valence-electron chi connectivity index (χ0n) is 13.7. The summed E-state index contributed by atoms with van der Waals surface area (Å²) in [5.41, 5.74) is 0.387. The van der Waals surface area contributed by atoms with Crippen LogP contribution in [0.25, 0.3) is 0 Å². The van der Waals surface area contributed by atoms with Gasteiger partial charge >= 0.3 is 0 Å². The number of carbonyl (C=O) groups excluding carboxylic acids is 1. The third-order valence-corrected chi connectivity index (χ3v) is 4.27. The molecule has 1 atom stereocenters. The van der Waals surface area contributed by atoms with Crippen LogP contribution in [0.15, 0.2) is 67.8 Å². The first-order chi connectivity index (χ1) is 12.6. The number of allylic oxidation sites excluding steroid dienone is 1. The molecule has 0 saturated carbocycles. The summed E-state index contributed by atoms with van der Waals surface area (Å²) < 4.78 is 7.23. The molecular weight excluding hydrogens is 373 g/mol. The molecule has 0 radical (unpaired) electrons. The third kappa shape index (κ3) is 4.12. The first-order valence-corrected chi connectivity index (χ1v) is 8.56. The highest BCUT2D eigenvalue weighted by molar-refractivity contribution is 6.34. The van der Waals surface area contributed by atoms with Crippen LogP contribution in [0, 0.1) is 0 Å². The number of benzene rings is 2. The lowest BCUT2D eigenvalue weighted by Gasteiger charge is -2.15. The van der Waals surface area contributed by atoms with E-state index in [1.54, 1.807) is 48.5 Å². The predicted molar refractivity (Wildman–Crippen MR) is 101 cm³/mol. The van der Waals surface area contributed by atoms with E-state index in [-0.39, 0.29) is 5.78 Å². The molecule has 5 nitrogen and oxygen atoms in total. The normalized spacial score (nSPS) is 11.8. The highest BCUT2D eigenvalue weighted by Gasteiger charge is 2.23. The van der Waals surface area contributed by atoms with E-state index >= 15 is 0 Å². The van der Waals surface area contributed by atoms with Crippen LogP contribution in [0.5, 0.6) is 11.5 Å². The summed E-state index contributed by atoms with van der Waals surface area (Å²) in [6, 6.07) is 11.4. The van der Waals surface area contributed by atoms with Crippen molar-refractivity contribution in [1.29, 1.82) is 0 Å². The number of rotatable bonds is 7. The maximum Gasteiger partial charge on any atom is 0.189 e. The van der Waals surface area contributed by atoms with E-state index < -0.39 is 6.04 Å². The van der Waals surface area contributed by atoms with Gasteiger partial charge in [-0.05, 0) is 42.8 Å². The molecular formula is C19H15Cl2N3O2. The number of carbonyl (C=O) groups is 1. The highest BCUT2D eigenvalue weighted by Crippen LogP contribution is 2.30. The second-order valence-corrected chi connectivity index (χ2v) is 6.32. The Morgan fingerprint density at radius 3 is 2.54 bits per heavy atom. The predicted octanol–water partition coefficient (Wildman–Crippen LogP) is 5.38. The molecule has 0 aliphatic heterocycles. The maximum absolute atomic E-state index is 12.9. The van der Waals surface area contributed by atoms with Gasteiger partial charge in [-0.25, -0.2) is 9.67 Å². The Balaban J connectivity index is 1.83. The van der Waals surface area contributed by atoms with Gasteiger partial charge in [0.2, 0.25) is 0 Å². The largest absolute Gasteiger partial charge is 0.457 e. The molecule has 2 aromatic carbocycles. The number of ether oxygens (including phenoxy) is 1. The maximum atomic E-state index is 12.9. The van der Waals surface area contributed by atoms with Crippen LogP contribution in [0.2, 0.25) is 10.0 Å². The zero-order valence-corrected chi connectivity index (χ0v) is 15.2. The lowest BCUT2D eigenvalue weighted by Crippen LogP contribution is -2.20. The number of aromatic nitrogens is 3. The summed E-state index contributed by atoms with van der Waals surface area (Å²) in [6.45, 7) is 3.70. The van der Waals surface area contributed by atoms with Crippen LogP contribution in [-0.4, -0.2) is 20.5 Å². The van der Waals surface area contributed by atoms with Crippen LogP contribution in [0.4, 0.5) is 0 Å². The molecule has 3 aromatic rings. The minimum Gasteiger partial charge on any atom is -0.457 e. The number of halogens is 2. The van der Waals surface area contributed by atoms with Crippen molar-refractivity contribution in [2.24, 2.45) is 0 Å². The van der Waals surface area contributed by atoms with Crippen molar-refractivity contribution in [3.8, 4) is 11.5 Å². The first-order valence-electron chi connectivity index (χ1n) is 7.80. The standard InChI is InChI=1S/C19H15Cl2N3O2/c1-2-3-18(24-12-22-11-23-24)19(25)16-9-8-15(10-17(16)21)26-14-6-4-13(20)5-7-14/h2,4-12,18H,1,3H2. The number of Topliss-reactive ketones (excluding diaryl/α,β-unsaturated/α-hetero) is 1. The number of nitrogens with zero attached hydrogens (tertiary/aromatic N) is 3. The summed E-state index contributed by atoms with van der Waals surface area (Å²) in [5.74, 6) is 0.977. The van der Waals surface area contributed by atoms with Gasteiger partial charge in [0.05, 0.1) is 5.02 Å². The van der Waals surface area contributed by atoms with E-state index in [0.717, 1.165) is 0 Å². The highest BCUT2D eigenvalue weighted by atomic mass is 35.5. The number of ketones is 1. The van der Waals surface area contributed by atoms with Gasteiger partial charge in [-0.3, -0.25) is 4.79 Å². The van der Waals surface area contributed by atoms with Crippen molar-refractivity contribution >= 4 is 29.0 Å². The van der Waals surface area contributed by atoms with Crippen LogP contribution in [0.3, 0.4) is 0 Å². The smallest absolute Gasteiger partial charge is 0.189 e. The lowest BCUT2D eigenvalue weighted by atomic mass is 10.0. The van der Waals surface area contributed by atoms with Gasteiger partial charge in [0, 0.05) is 16.7 Å². The minimum atomic E-state index is -0.546. The Kier molecular flexibility index (Phi) is 5.71. The Morgan fingerprint density at radius 1 is 1.19 bits per heavy atom. The van der Waals surface area contributed by atoms with Crippen molar-refractivity contribution < 1.29 is 9.53 Å². The van der Waals surface area contributed by atoms with Gasteiger partial charge < -0.3 is 4.74 Å². The third-order valence-electron chi connectivity index (χ3n) is 3.70. The molecule has 26 heavy (non-hydrogen) atoms. The molecule has 7 heteroatoms. The monoisotopic (exact) mass is 387 g/mol. The minimum absolute atomic E-state index is 0.168. The molecule has 1 heterocycles. The molecule has 1 aromatic heterocycles. The van der Waals surface area contributed by atoms with E-state index in [2.05, 4.69) is 16.7 Å². The molecule has 0 bridgehead atoms. The van der Waals surface area contributed by atoms with E-state index in [1.165, 1.54) is 17.3 Å². The summed E-state index contributed by atoms with van der Waals surface area (Å²) >= 11 is 12.2. The Morgan fingerprint density at radius 2 is 1.92 bits per heavy atom. The van der Waals surface area contributed by atoms with Crippen molar-refractivity contribution in [2.75, 3.05) is 0 Å². The Bertz CT molecular complexity index is 909. The van der Waals surface area contributed by atoms with Crippen molar-refractivity contribution in [3.05, 3.63) is 83.4 Å². The summed E-state index contributed by atoms with van der Waals surface area (Å²) in [7, 11) is 0. The van der Waals surface area contributed by atoms with Gasteiger partial charge in [0.25, 0.3) is 0 Å². The van der Waals surface area contributed by atoms with Crippen molar-refractivity contribution in [3.63, 3.8) is 0 Å². The van der Waals surface area contributed by atoms with Crippen LogP contribution >= 0.6 is 23.2 Å². The summed E-state index contributed by atoms with van der Waals surface area (Å²) in [6.07, 6.45) is 4.96. The number of hydrogen-bond acceptors (Lipinski definition) is 4. The van der Waals surface area contributed by atoms with Gasteiger partial charge in [-0.1, -0.05) is 29.3 Å². The summed E-state index contributed by atoms with van der Waals surface area (Å²) in [5, 5.41) is 4.97. The number of hydrogen-bond donors (Lipinski definition) is 0. The average molecular weight is 388 g/mol. The molecule has 0 aliphatic rings. The van der Waals surface area contributed by atoms with Gasteiger partial charge in [0.1, 0.15) is 30.2 Å². The molecule has 1 unspecified atom stereocenters. The fraction of sp³-hybridized carbons (Fsp3) is 0.105. The summed E-state index contributed by atoms with van der Waals surface area (Å²) in [4.78, 5) is 16.8. The van der Waals surface area contributed by atoms with Crippen LogP contribution < -0.4 is 4.74 Å².